The summed E-state index contributed by atoms with van der Waals surface area (Å²) in [7, 11) is 0. The summed E-state index contributed by atoms with van der Waals surface area (Å²) in [5.74, 6) is 0. The van der Waals surface area contributed by atoms with Gasteiger partial charge in [0, 0.05) is 0 Å². The highest BCUT2D eigenvalue weighted by Crippen LogP contribution is 2.25. The first-order valence-corrected chi connectivity index (χ1v) is 6.32. The molecule has 1 aliphatic carbocycles. The predicted molar refractivity (Wildman–Crippen MR) is 60.8 cm³/mol. The lowest BCUT2D eigenvalue weighted by atomic mass is 9.95. The van der Waals surface area contributed by atoms with Gasteiger partial charge in [-0.1, -0.05) is 13.8 Å². The van der Waals surface area contributed by atoms with Gasteiger partial charge in [0.1, 0.15) is 0 Å². The topological polar surface area (TPSA) is 58.9 Å². The van der Waals surface area contributed by atoms with Crippen molar-refractivity contribution in [1.29, 1.82) is 0 Å². The van der Waals surface area contributed by atoms with Crippen LogP contribution in [-0.2, 0) is 9.47 Å². The lowest BCUT2D eigenvalue weighted by molar-refractivity contribution is -0.175. The van der Waals surface area contributed by atoms with Gasteiger partial charge in [-0.25, -0.2) is 0 Å². The van der Waals surface area contributed by atoms with E-state index in [1.165, 1.54) is 0 Å². The second-order valence-corrected chi connectivity index (χ2v) is 4.40. The van der Waals surface area contributed by atoms with Gasteiger partial charge in [-0.3, -0.25) is 0 Å². The van der Waals surface area contributed by atoms with Crippen LogP contribution in [0.5, 0.6) is 0 Å². The first kappa shape index (κ1) is 13.9. The highest BCUT2D eigenvalue weighted by atomic mass is 16.6. The van der Waals surface area contributed by atoms with Crippen LogP contribution in [0.25, 0.3) is 0 Å². The Morgan fingerprint density at radius 1 is 0.875 bits per heavy atom. The minimum atomic E-state index is -0.635. The van der Waals surface area contributed by atoms with Crippen LogP contribution in [0.4, 0.5) is 0 Å². The second kappa shape index (κ2) is 7.22. The minimum absolute atomic E-state index is 0.147. The van der Waals surface area contributed by atoms with Crippen LogP contribution in [0.1, 0.15) is 52.4 Å². The number of aliphatic hydroxyl groups is 2. The Labute approximate surface area is 97.6 Å². The summed E-state index contributed by atoms with van der Waals surface area (Å²) in [5, 5.41) is 18.7. The molecule has 2 N–H and O–H groups in total. The number of aliphatic hydroxyl groups excluding tert-OH is 2. The molecule has 0 aliphatic heterocycles. The van der Waals surface area contributed by atoms with Gasteiger partial charge in [-0.2, -0.15) is 0 Å². The van der Waals surface area contributed by atoms with E-state index in [1.807, 2.05) is 13.8 Å². The van der Waals surface area contributed by atoms with Gasteiger partial charge in [0.05, 0.1) is 12.2 Å². The molecule has 1 aliphatic rings. The molecule has 16 heavy (non-hydrogen) atoms. The Morgan fingerprint density at radius 2 is 1.19 bits per heavy atom. The molecular formula is C12H24O4. The van der Waals surface area contributed by atoms with Gasteiger partial charge in [0.2, 0.25) is 0 Å². The van der Waals surface area contributed by atoms with Gasteiger partial charge < -0.3 is 19.7 Å². The average Bonchev–Trinajstić information content (AvgIpc) is 2.31. The highest BCUT2D eigenvalue weighted by molar-refractivity contribution is 4.73. The van der Waals surface area contributed by atoms with Gasteiger partial charge >= 0.3 is 0 Å². The van der Waals surface area contributed by atoms with E-state index in [4.69, 9.17) is 9.47 Å². The molecule has 4 heteroatoms. The molecule has 0 aromatic heterocycles. The first-order valence-electron chi connectivity index (χ1n) is 6.32. The second-order valence-electron chi connectivity index (χ2n) is 4.40. The molecule has 1 saturated carbocycles. The molecule has 0 bridgehead atoms. The lowest BCUT2D eigenvalue weighted by Crippen LogP contribution is -2.31. The van der Waals surface area contributed by atoms with Crippen molar-refractivity contribution in [2.75, 3.05) is 0 Å². The smallest absolute Gasteiger partial charge is 0.154 e. The van der Waals surface area contributed by atoms with Gasteiger partial charge in [-0.15, -0.1) is 0 Å². The zero-order chi connectivity index (χ0) is 12.0. The number of ether oxygens (including phenoxy) is 2. The Bertz CT molecular complexity index is 158. The van der Waals surface area contributed by atoms with Crippen molar-refractivity contribution in [3.63, 3.8) is 0 Å². The molecule has 0 radical (unpaired) electrons. The van der Waals surface area contributed by atoms with E-state index in [-0.39, 0.29) is 12.2 Å². The summed E-state index contributed by atoms with van der Waals surface area (Å²) in [5.41, 5.74) is 0. The Kier molecular flexibility index (Phi) is 6.28. The summed E-state index contributed by atoms with van der Waals surface area (Å²) in [4.78, 5) is 0. The third-order valence-corrected chi connectivity index (χ3v) is 3.02. The van der Waals surface area contributed by atoms with E-state index in [2.05, 4.69) is 0 Å². The molecule has 0 aromatic carbocycles. The van der Waals surface area contributed by atoms with Crippen LogP contribution in [0, 0.1) is 0 Å². The Morgan fingerprint density at radius 3 is 1.44 bits per heavy atom. The van der Waals surface area contributed by atoms with Crippen molar-refractivity contribution in [1.82, 2.24) is 0 Å². The molecule has 4 nitrogen and oxygen atoms in total. The SMILES string of the molecule is CCC(O)OC1CCC(OC(O)CC)CC1. The fraction of sp³-hybridized carbons (Fsp3) is 1.00. The van der Waals surface area contributed by atoms with Crippen LogP contribution in [-0.4, -0.2) is 35.0 Å². The van der Waals surface area contributed by atoms with Crippen LogP contribution in [0.2, 0.25) is 0 Å². The fourth-order valence-corrected chi connectivity index (χ4v) is 1.94. The van der Waals surface area contributed by atoms with Crippen molar-refractivity contribution in [3.05, 3.63) is 0 Å². The predicted octanol–water partition coefficient (Wildman–Crippen LogP) is 1.79. The summed E-state index contributed by atoms with van der Waals surface area (Å²) >= 11 is 0. The molecule has 2 unspecified atom stereocenters. The molecule has 96 valence electrons. The molecule has 0 heterocycles. The van der Waals surface area contributed by atoms with Gasteiger partial charge in [0.15, 0.2) is 12.6 Å². The molecule has 0 aromatic rings. The fourth-order valence-electron chi connectivity index (χ4n) is 1.94. The monoisotopic (exact) mass is 232 g/mol. The molecular weight excluding hydrogens is 208 g/mol. The maximum Gasteiger partial charge on any atom is 0.154 e. The summed E-state index contributed by atoms with van der Waals surface area (Å²) in [6, 6.07) is 0. The molecule has 1 fully saturated rings. The van der Waals surface area contributed by atoms with E-state index < -0.39 is 12.6 Å². The van der Waals surface area contributed by atoms with Crippen molar-refractivity contribution in [2.45, 2.75) is 77.2 Å². The number of hydrogen-bond acceptors (Lipinski definition) is 4. The minimum Gasteiger partial charge on any atom is -0.368 e. The molecule has 2 atom stereocenters. The van der Waals surface area contributed by atoms with E-state index in [1.54, 1.807) is 0 Å². The van der Waals surface area contributed by atoms with E-state index in [9.17, 15) is 10.2 Å². The maximum absolute atomic E-state index is 9.37. The zero-order valence-electron chi connectivity index (χ0n) is 10.3. The molecule has 1 rings (SSSR count). The quantitative estimate of drug-likeness (QED) is 0.685. The number of hydrogen-bond donors (Lipinski definition) is 2. The maximum atomic E-state index is 9.37. The molecule has 0 spiro atoms. The van der Waals surface area contributed by atoms with E-state index in [0.29, 0.717) is 12.8 Å². The van der Waals surface area contributed by atoms with Crippen LogP contribution in [0.3, 0.4) is 0 Å². The zero-order valence-corrected chi connectivity index (χ0v) is 10.3. The Hall–Kier alpha value is -0.160. The summed E-state index contributed by atoms with van der Waals surface area (Å²) in [6.45, 7) is 3.80. The van der Waals surface area contributed by atoms with Crippen molar-refractivity contribution in [3.8, 4) is 0 Å². The highest BCUT2D eigenvalue weighted by Gasteiger charge is 2.24. The number of rotatable bonds is 6. The van der Waals surface area contributed by atoms with Gasteiger partial charge in [0.25, 0.3) is 0 Å². The van der Waals surface area contributed by atoms with Gasteiger partial charge in [-0.05, 0) is 38.5 Å². The van der Waals surface area contributed by atoms with Crippen LogP contribution >= 0.6 is 0 Å². The summed E-state index contributed by atoms with van der Waals surface area (Å²) < 4.78 is 10.9. The average molecular weight is 232 g/mol. The Balaban J connectivity index is 2.18. The first-order chi connectivity index (χ1) is 7.65. The third kappa shape index (κ3) is 4.78. The molecule has 0 amide bonds. The third-order valence-electron chi connectivity index (χ3n) is 3.02. The molecule has 0 saturated heterocycles. The van der Waals surface area contributed by atoms with Crippen LogP contribution in [0.15, 0.2) is 0 Å². The standard InChI is InChI=1S/C12H24O4/c1-3-11(13)15-9-5-7-10(8-6-9)16-12(14)4-2/h9-14H,3-8H2,1-2H3. The summed E-state index contributed by atoms with van der Waals surface area (Å²) in [6.07, 6.45) is 3.89. The van der Waals surface area contributed by atoms with Crippen LogP contribution < -0.4 is 0 Å². The van der Waals surface area contributed by atoms with E-state index >= 15 is 0 Å². The lowest BCUT2D eigenvalue weighted by Gasteiger charge is -2.30. The largest absolute Gasteiger partial charge is 0.368 e. The van der Waals surface area contributed by atoms with E-state index in [0.717, 1.165) is 25.7 Å². The van der Waals surface area contributed by atoms with Crippen molar-refractivity contribution < 1.29 is 19.7 Å². The van der Waals surface area contributed by atoms with Crippen molar-refractivity contribution in [2.24, 2.45) is 0 Å². The van der Waals surface area contributed by atoms with Crippen molar-refractivity contribution >= 4 is 0 Å². The normalized spacial score (nSPS) is 30.0.